The van der Waals surface area contributed by atoms with E-state index in [1.165, 1.54) is 0 Å². The predicted molar refractivity (Wildman–Crippen MR) is 88.2 cm³/mol. The maximum Gasteiger partial charge on any atom is 0.223 e. The molecule has 0 bridgehead atoms. The van der Waals surface area contributed by atoms with E-state index in [9.17, 15) is 4.79 Å². The highest BCUT2D eigenvalue weighted by Gasteiger charge is 2.25. The van der Waals surface area contributed by atoms with E-state index in [1.807, 2.05) is 12.1 Å². The average Bonchev–Trinajstić information content (AvgIpc) is 3.02. The largest absolute Gasteiger partial charge is 0.356 e. The molecule has 1 N–H and O–H groups in total. The lowest BCUT2D eigenvalue weighted by Gasteiger charge is -2.32. The first-order chi connectivity index (χ1) is 11.1. The molecule has 3 rings (SSSR count). The van der Waals surface area contributed by atoms with Gasteiger partial charge in [0.2, 0.25) is 5.91 Å². The standard InChI is InChI=1S/C16H24N6O/c1-12(2)5-8-17-16(23)13-6-9-21(10-7-13)15-4-3-14-19-18-11-22(14)20-15/h3-4,11-13H,5-10H2,1-2H3,(H,17,23). The van der Waals surface area contributed by atoms with Crippen molar-refractivity contribution in [3.05, 3.63) is 18.5 Å². The van der Waals surface area contributed by atoms with E-state index in [2.05, 4.69) is 39.4 Å². The van der Waals surface area contributed by atoms with E-state index < -0.39 is 0 Å². The van der Waals surface area contributed by atoms with Gasteiger partial charge in [-0.3, -0.25) is 4.79 Å². The lowest BCUT2D eigenvalue weighted by Crippen LogP contribution is -2.41. The van der Waals surface area contributed by atoms with Gasteiger partial charge in [0, 0.05) is 25.6 Å². The third-order valence-corrected chi connectivity index (χ3v) is 4.36. The zero-order chi connectivity index (χ0) is 16.2. The number of anilines is 1. The number of fused-ring (bicyclic) bond motifs is 1. The van der Waals surface area contributed by atoms with Crippen LogP contribution in [-0.2, 0) is 4.79 Å². The van der Waals surface area contributed by atoms with Gasteiger partial charge in [-0.1, -0.05) is 13.8 Å². The van der Waals surface area contributed by atoms with Crippen LogP contribution in [0.2, 0.25) is 0 Å². The Balaban J connectivity index is 1.52. The molecule has 7 nitrogen and oxygen atoms in total. The zero-order valence-corrected chi connectivity index (χ0v) is 13.8. The summed E-state index contributed by atoms with van der Waals surface area (Å²) >= 11 is 0. The number of rotatable bonds is 5. The molecule has 0 aromatic carbocycles. The summed E-state index contributed by atoms with van der Waals surface area (Å²) in [6.45, 7) is 6.82. The first kappa shape index (κ1) is 15.7. The minimum atomic E-state index is 0.122. The van der Waals surface area contributed by atoms with E-state index in [-0.39, 0.29) is 11.8 Å². The molecule has 0 spiro atoms. The molecule has 1 aliphatic rings. The Bertz CT molecular complexity index is 659. The summed E-state index contributed by atoms with van der Waals surface area (Å²) < 4.78 is 1.68. The van der Waals surface area contributed by atoms with Crippen molar-refractivity contribution in [1.29, 1.82) is 0 Å². The zero-order valence-electron chi connectivity index (χ0n) is 13.8. The molecular formula is C16H24N6O. The summed E-state index contributed by atoms with van der Waals surface area (Å²) in [5.74, 6) is 1.86. The molecule has 124 valence electrons. The van der Waals surface area contributed by atoms with Crippen LogP contribution in [0.1, 0.15) is 33.1 Å². The number of aromatic nitrogens is 4. The maximum absolute atomic E-state index is 12.2. The lowest BCUT2D eigenvalue weighted by molar-refractivity contribution is -0.125. The first-order valence-corrected chi connectivity index (χ1v) is 8.33. The van der Waals surface area contributed by atoms with Gasteiger partial charge in [-0.25, -0.2) is 0 Å². The molecule has 3 heterocycles. The molecule has 0 atom stereocenters. The van der Waals surface area contributed by atoms with Crippen molar-refractivity contribution in [1.82, 2.24) is 25.1 Å². The molecule has 0 unspecified atom stereocenters. The molecule has 2 aromatic heterocycles. The summed E-state index contributed by atoms with van der Waals surface area (Å²) in [7, 11) is 0. The van der Waals surface area contributed by atoms with E-state index in [0.29, 0.717) is 5.92 Å². The van der Waals surface area contributed by atoms with Crippen molar-refractivity contribution in [2.75, 3.05) is 24.5 Å². The van der Waals surface area contributed by atoms with Crippen LogP contribution in [0, 0.1) is 11.8 Å². The van der Waals surface area contributed by atoms with Gasteiger partial charge >= 0.3 is 0 Å². The quantitative estimate of drug-likeness (QED) is 0.905. The van der Waals surface area contributed by atoms with E-state index >= 15 is 0 Å². The second-order valence-corrected chi connectivity index (χ2v) is 6.56. The number of piperidine rings is 1. The maximum atomic E-state index is 12.2. The Morgan fingerprint density at radius 1 is 1.35 bits per heavy atom. The minimum absolute atomic E-state index is 0.122. The van der Waals surface area contributed by atoms with Gasteiger partial charge < -0.3 is 10.2 Å². The topological polar surface area (TPSA) is 75.4 Å². The number of carbonyl (C=O) groups excluding carboxylic acids is 1. The number of nitrogens with zero attached hydrogens (tertiary/aromatic N) is 5. The molecule has 1 aliphatic heterocycles. The first-order valence-electron chi connectivity index (χ1n) is 8.33. The van der Waals surface area contributed by atoms with Crippen LogP contribution in [0.25, 0.3) is 5.65 Å². The smallest absolute Gasteiger partial charge is 0.223 e. The highest BCUT2D eigenvalue weighted by Crippen LogP contribution is 2.22. The molecule has 1 saturated heterocycles. The van der Waals surface area contributed by atoms with E-state index in [4.69, 9.17) is 0 Å². The van der Waals surface area contributed by atoms with Gasteiger partial charge in [-0.15, -0.1) is 15.3 Å². The predicted octanol–water partition coefficient (Wildman–Crippen LogP) is 1.50. The number of hydrogen-bond acceptors (Lipinski definition) is 5. The van der Waals surface area contributed by atoms with Gasteiger partial charge in [0.1, 0.15) is 12.1 Å². The summed E-state index contributed by atoms with van der Waals surface area (Å²) in [4.78, 5) is 14.4. The van der Waals surface area contributed by atoms with Crippen molar-refractivity contribution in [3.63, 3.8) is 0 Å². The fourth-order valence-electron chi connectivity index (χ4n) is 2.89. The Kier molecular flexibility index (Phi) is 4.73. The molecular weight excluding hydrogens is 292 g/mol. The molecule has 1 amide bonds. The highest BCUT2D eigenvalue weighted by molar-refractivity contribution is 5.78. The van der Waals surface area contributed by atoms with Crippen LogP contribution < -0.4 is 10.2 Å². The molecule has 0 radical (unpaired) electrons. The van der Waals surface area contributed by atoms with Crippen molar-refractivity contribution in [3.8, 4) is 0 Å². The summed E-state index contributed by atoms with van der Waals surface area (Å²) in [5.41, 5.74) is 0.744. The molecule has 1 fully saturated rings. The van der Waals surface area contributed by atoms with E-state index in [1.54, 1.807) is 10.8 Å². The van der Waals surface area contributed by atoms with Crippen LogP contribution in [0.15, 0.2) is 18.5 Å². The Morgan fingerprint density at radius 2 is 2.13 bits per heavy atom. The Labute approximate surface area is 136 Å². The van der Waals surface area contributed by atoms with Crippen LogP contribution in [0.3, 0.4) is 0 Å². The van der Waals surface area contributed by atoms with Gasteiger partial charge in [0.15, 0.2) is 5.65 Å². The van der Waals surface area contributed by atoms with Crippen molar-refractivity contribution in [2.45, 2.75) is 33.1 Å². The fourth-order valence-corrected chi connectivity index (χ4v) is 2.89. The minimum Gasteiger partial charge on any atom is -0.356 e. The summed E-state index contributed by atoms with van der Waals surface area (Å²) in [6, 6.07) is 3.88. The fraction of sp³-hybridized carbons (Fsp3) is 0.625. The van der Waals surface area contributed by atoms with Gasteiger partial charge in [-0.2, -0.15) is 4.52 Å². The van der Waals surface area contributed by atoms with Crippen LogP contribution in [-0.4, -0.2) is 45.4 Å². The van der Waals surface area contributed by atoms with Crippen LogP contribution in [0.4, 0.5) is 5.82 Å². The number of amides is 1. The number of carbonyl (C=O) groups is 1. The molecule has 23 heavy (non-hydrogen) atoms. The Morgan fingerprint density at radius 3 is 2.87 bits per heavy atom. The third-order valence-electron chi connectivity index (χ3n) is 4.36. The second kappa shape index (κ2) is 6.93. The number of hydrogen-bond donors (Lipinski definition) is 1. The molecule has 7 heteroatoms. The van der Waals surface area contributed by atoms with Crippen LogP contribution >= 0.6 is 0 Å². The molecule has 0 aliphatic carbocycles. The molecule has 2 aromatic rings. The average molecular weight is 316 g/mol. The highest BCUT2D eigenvalue weighted by atomic mass is 16.1. The third kappa shape index (κ3) is 3.78. The van der Waals surface area contributed by atoms with Gasteiger partial charge in [0.25, 0.3) is 0 Å². The van der Waals surface area contributed by atoms with Crippen molar-refractivity contribution in [2.24, 2.45) is 11.8 Å². The Hall–Kier alpha value is -2.18. The summed E-state index contributed by atoms with van der Waals surface area (Å²) in [5, 5.41) is 15.4. The molecule has 0 saturated carbocycles. The monoisotopic (exact) mass is 316 g/mol. The number of nitrogens with one attached hydrogen (secondary N) is 1. The van der Waals surface area contributed by atoms with Crippen LogP contribution in [0.5, 0.6) is 0 Å². The second-order valence-electron chi connectivity index (χ2n) is 6.56. The normalized spacial score (nSPS) is 16.2. The lowest BCUT2D eigenvalue weighted by atomic mass is 9.96. The van der Waals surface area contributed by atoms with Gasteiger partial charge in [-0.05, 0) is 37.3 Å². The van der Waals surface area contributed by atoms with E-state index in [0.717, 1.165) is 50.4 Å². The van der Waals surface area contributed by atoms with Gasteiger partial charge in [0.05, 0.1) is 0 Å². The van der Waals surface area contributed by atoms with Crippen molar-refractivity contribution >= 4 is 17.4 Å². The summed E-state index contributed by atoms with van der Waals surface area (Å²) in [6.07, 6.45) is 4.38. The SMILES string of the molecule is CC(C)CCNC(=O)C1CCN(c2ccc3nncn3n2)CC1. The van der Waals surface area contributed by atoms with Crippen molar-refractivity contribution < 1.29 is 4.79 Å².